The highest BCUT2D eigenvalue weighted by Gasteiger charge is 2.15. The Morgan fingerprint density at radius 2 is 2.00 bits per heavy atom. The highest BCUT2D eigenvalue weighted by molar-refractivity contribution is 5.85. The molecule has 1 aliphatic carbocycles. The Labute approximate surface area is 146 Å². The molecule has 1 aromatic carbocycles. The van der Waals surface area contributed by atoms with Gasteiger partial charge in [0.2, 0.25) is 0 Å². The van der Waals surface area contributed by atoms with Crippen LogP contribution in [0.3, 0.4) is 0 Å². The number of pyridine rings is 2. The number of rotatable bonds is 3. The van der Waals surface area contributed by atoms with E-state index in [1.54, 1.807) is 12.3 Å². The number of benzene rings is 1. The minimum atomic E-state index is -0.0118. The summed E-state index contributed by atoms with van der Waals surface area (Å²) in [5.41, 5.74) is 3.70. The molecule has 4 nitrogen and oxygen atoms in total. The Morgan fingerprint density at radius 1 is 1.16 bits per heavy atom. The molecule has 0 unspecified atom stereocenters. The number of hydrogen-bond acceptors (Lipinski definition) is 3. The molecule has 0 spiro atoms. The number of nitrogens with zero attached hydrogens (tertiary/aromatic N) is 2. The van der Waals surface area contributed by atoms with E-state index < -0.39 is 0 Å². The number of allylic oxidation sites excluding steroid dienone is 4. The summed E-state index contributed by atoms with van der Waals surface area (Å²) in [5, 5.41) is 4.06. The van der Waals surface area contributed by atoms with Crippen LogP contribution in [0, 0.1) is 6.92 Å². The van der Waals surface area contributed by atoms with E-state index in [-0.39, 0.29) is 5.43 Å². The summed E-state index contributed by atoms with van der Waals surface area (Å²) in [7, 11) is 0. The first-order valence-corrected chi connectivity index (χ1v) is 8.43. The number of aryl methyl sites for hydroxylation is 1. The molecule has 2 heterocycles. The minimum Gasteiger partial charge on any atom is -0.341 e. The van der Waals surface area contributed by atoms with E-state index in [0.29, 0.717) is 11.0 Å². The first-order valence-electron chi connectivity index (χ1n) is 8.43. The van der Waals surface area contributed by atoms with Crippen LogP contribution in [0.15, 0.2) is 71.7 Å². The van der Waals surface area contributed by atoms with Crippen molar-refractivity contribution in [3.8, 4) is 0 Å². The molecule has 0 saturated heterocycles. The molecule has 3 aromatic rings. The molecular weight excluding hydrogens is 310 g/mol. The molecule has 4 heteroatoms. The number of para-hydroxylation sites is 1. The van der Waals surface area contributed by atoms with E-state index in [9.17, 15) is 4.79 Å². The number of aromatic nitrogens is 2. The van der Waals surface area contributed by atoms with Crippen molar-refractivity contribution in [1.29, 1.82) is 0 Å². The summed E-state index contributed by atoms with van der Waals surface area (Å²) >= 11 is 0. The molecule has 0 radical (unpaired) electrons. The van der Waals surface area contributed by atoms with Gasteiger partial charge in [-0.3, -0.25) is 9.36 Å². The molecule has 2 aromatic heterocycles. The summed E-state index contributed by atoms with van der Waals surface area (Å²) in [4.78, 5) is 17.3. The Hall–Kier alpha value is -3.14. The van der Waals surface area contributed by atoms with Crippen LogP contribution in [-0.2, 0) is 0 Å². The summed E-state index contributed by atoms with van der Waals surface area (Å²) in [5.74, 6) is 0.739. The van der Waals surface area contributed by atoms with E-state index in [0.717, 1.165) is 35.6 Å². The van der Waals surface area contributed by atoms with Crippen molar-refractivity contribution in [2.45, 2.75) is 19.8 Å². The number of anilines is 2. The van der Waals surface area contributed by atoms with E-state index in [4.69, 9.17) is 0 Å². The molecule has 0 amide bonds. The summed E-state index contributed by atoms with van der Waals surface area (Å²) in [6, 6.07) is 13.4. The third-order valence-electron chi connectivity index (χ3n) is 4.43. The van der Waals surface area contributed by atoms with E-state index >= 15 is 0 Å². The van der Waals surface area contributed by atoms with Crippen LogP contribution >= 0.6 is 0 Å². The van der Waals surface area contributed by atoms with Crippen molar-refractivity contribution < 1.29 is 0 Å². The fourth-order valence-electron chi connectivity index (χ4n) is 3.22. The van der Waals surface area contributed by atoms with Crippen LogP contribution in [0.4, 0.5) is 11.5 Å². The predicted molar refractivity (Wildman–Crippen MR) is 103 cm³/mol. The van der Waals surface area contributed by atoms with Crippen LogP contribution in [-0.4, -0.2) is 9.55 Å². The highest BCUT2D eigenvalue weighted by Crippen LogP contribution is 2.28. The minimum absolute atomic E-state index is 0.0118. The van der Waals surface area contributed by atoms with Gasteiger partial charge in [0.25, 0.3) is 0 Å². The topological polar surface area (TPSA) is 46.9 Å². The Bertz CT molecular complexity index is 1050. The van der Waals surface area contributed by atoms with Gasteiger partial charge < -0.3 is 5.32 Å². The maximum Gasteiger partial charge on any atom is 0.193 e. The van der Waals surface area contributed by atoms with Crippen molar-refractivity contribution in [1.82, 2.24) is 9.55 Å². The lowest BCUT2D eigenvalue weighted by molar-refractivity contribution is 0.949. The lowest BCUT2D eigenvalue weighted by Gasteiger charge is -2.21. The standard InChI is InChI=1S/C21H19N3O/c1-15-12-13-22-21-20(15)18(25)14-19(23-16-8-4-2-5-9-16)24(21)17-10-6-3-7-11-17/h2-6,8-10,12-14,23H,7,11H2,1H3. The predicted octanol–water partition coefficient (Wildman–Crippen LogP) is 4.64. The van der Waals surface area contributed by atoms with Gasteiger partial charge in [-0.1, -0.05) is 30.4 Å². The first kappa shape index (κ1) is 15.4. The summed E-state index contributed by atoms with van der Waals surface area (Å²) in [6.45, 7) is 1.95. The van der Waals surface area contributed by atoms with Crippen molar-refractivity contribution in [3.63, 3.8) is 0 Å². The van der Waals surface area contributed by atoms with Crippen LogP contribution in [0.2, 0.25) is 0 Å². The second-order valence-corrected chi connectivity index (χ2v) is 6.17. The van der Waals surface area contributed by atoms with Crippen LogP contribution in [0.1, 0.15) is 18.4 Å². The number of fused-ring (bicyclic) bond motifs is 1. The average Bonchev–Trinajstić information content (AvgIpc) is 2.63. The van der Waals surface area contributed by atoms with Gasteiger partial charge in [0.15, 0.2) is 5.43 Å². The largest absolute Gasteiger partial charge is 0.341 e. The molecule has 4 rings (SSSR count). The molecule has 0 bridgehead atoms. The fourth-order valence-corrected chi connectivity index (χ4v) is 3.22. The number of hydrogen-bond donors (Lipinski definition) is 1. The quantitative estimate of drug-likeness (QED) is 0.761. The second kappa shape index (κ2) is 6.40. The third-order valence-corrected chi connectivity index (χ3v) is 4.43. The van der Waals surface area contributed by atoms with E-state index in [1.807, 2.05) is 43.3 Å². The molecule has 1 N–H and O–H groups in total. The molecule has 124 valence electrons. The summed E-state index contributed by atoms with van der Waals surface area (Å²) < 4.78 is 2.07. The smallest absolute Gasteiger partial charge is 0.193 e. The number of nitrogens with one attached hydrogen (secondary N) is 1. The Morgan fingerprint density at radius 3 is 2.76 bits per heavy atom. The Balaban J connectivity index is 1.99. The second-order valence-electron chi connectivity index (χ2n) is 6.17. The molecule has 0 aliphatic heterocycles. The molecule has 0 fully saturated rings. The fraction of sp³-hybridized carbons (Fsp3) is 0.143. The summed E-state index contributed by atoms with van der Waals surface area (Å²) in [6.07, 6.45) is 9.96. The van der Waals surface area contributed by atoms with Crippen LogP contribution < -0.4 is 10.7 Å². The zero-order chi connectivity index (χ0) is 17.2. The van der Waals surface area contributed by atoms with Crippen molar-refractivity contribution in [2.24, 2.45) is 0 Å². The SMILES string of the molecule is Cc1ccnc2c1c(=O)cc(Nc1ccccc1)n2C1=CC=CCC1. The van der Waals surface area contributed by atoms with Gasteiger partial charge in [-0.2, -0.15) is 0 Å². The van der Waals surface area contributed by atoms with E-state index in [1.165, 1.54) is 0 Å². The maximum atomic E-state index is 12.7. The van der Waals surface area contributed by atoms with Gasteiger partial charge in [0, 0.05) is 23.6 Å². The average molecular weight is 329 g/mol. The molecular formula is C21H19N3O. The first-order chi connectivity index (χ1) is 12.2. The third kappa shape index (κ3) is 2.87. The zero-order valence-electron chi connectivity index (χ0n) is 14.1. The molecule has 0 saturated carbocycles. The van der Waals surface area contributed by atoms with Gasteiger partial charge in [-0.05, 0) is 49.6 Å². The van der Waals surface area contributed by atoms with Gasteiger partial charge in [-0.15, -0.1) is 0 Å². The lowest BCUT2D eigenvalue weighted by Crippen LogP contribution is -2.15. The van der Waals surface area contributed by atoms with Crippen LogP contribution in [0.5, 0.6) is 0 Å². The van der Waals surface area contributed by atoms with Crippen molar-refractivity contribution in [2.75, 3.05) is 5.32 Å². The Kier molecular flexibility index (Phi) is 3.94. The van der Waals surface area contributed by atoms with Crippen LogP contribution in [0.25, 0.3) is 16.7 Å². The van der Waals surface area contributed by atoms with E-state index in [2.05, 4.69) is 33.1 Å². The van der Waals surface area contributed by atoms with Crippen molar-refractivity contribution >= 4 is 28.2 Å². The maximum absolute atomic E-state index is 12.7. The molecule has 25 heavy (non-hydrogen) atoms. The monoisotopic (exact) mass is 329 g/mol. The normalized spacial score (nSPS) is 13.7. The zero-order valence-corrected chi connectivity index (χ0v) is 14.1. The van der Waals surface area contributed by atoms with Gasteiger partial charge in [-0.25, -0.2) is 4.98 Å². The van der Waals surface area contributed by atoms with Crippen molar-refractivity contribution in [3.05, 3.63) is 82.7 Å². The molecule has 1 aliphatic rings. The molecule has 0 atom stereocenters. The lowest BCUT2D eigenvalue weighted by atomic mass is 10.1. The van der Waals surface area contributed by atoms with Gasteiger partial charge in [0.1, 0.15) is 11.5 Å². The van der Waals surface area contributed by atoms with Gasteiger partial charge in [0.05, 0.1) is 5.39 Å². The van der Waals surface area contributed by atoms with Gasteiger partial charge >= 0.3 is 0 Å². The highest BCUT2D eigenvalue weighted by atomic mass is 16.1.